The Labute approximate surface area is 137 Å². The number of benzene rings is 1. The van der Waals surface area contributed by atoms with Gasteiger partial charge in [-0.25, -0.2) is 0 Å². The zero-order chi connectivity index (χ0) is 16.2. The summed E-state index contributed by atoms with van der Waals surface area (Å²) in [6, 6.07) is 7.55. The van der Waals surface area contributed by atoms with Gasteiger partial charge in [0.25, 0.3) is 0 Å². The van der Waals surface area contributed by atoms with Gasteiger partial charge in [-0.2, -0.15) is 0 Å². The predicted octanol–water partition coefficient (Wildman–Crippen LogP) is 2.41. The molecule has 4 atom stereocenters. The molecule has 0 saturated heterocycles. The van der Waals surface area contributed by atoms with Gasteiger partial charge in [0.1, 0.15) is 5.75 Å². The molecule has 4 unspecified atom stereocenters. The first kappa shape index (κ1) is 16.3. The molecule has 126 valence electrons. The molecule has 2 aliphatic carbocycles. The molecule has 1 amide bonds. The summed E-state index contributed by atoms with van der Waals surface area (Å²) in [5.41, 5.74) is 7.02. The molecule has 1 aromatic rings. The first-order valence-electron chi connectivity index (χ1n) is 8.47. The van der Waals surface area contributed by atoms with Gasteiger partial charge in [-0.3, -0.25) is 4.79 Å². The standard InChI is InChI=1S/C18H26N2O3/c1-22-8-3-9-23-15-5-2-4-14(11-15)20-18(21)16-12-6-7-13(10-12)17(16)19/h2,4-5,11-13,16-17H,3,6-10,19H2,1H3,(H,20,21). The Balaban J connectivity index is 1.56. The average Bonchev–Trinajstić information content (AvgIpc) is 3.13. The van der Waals surface area contributed by atoms with Crippen LogP contribution in [-0.4, -0.2) is 32.3 Å². The van der Waals surface area contributed by atoms with Crippen LogP contribution in [0.2, 0.25) is 0 Å². The third-order valence-corrected chi connectivity index (χ3v) is 5.15. The maximum atomic E-state index is 12.6. The number of fused-ring (bicyclic) bond motifs is 2. The predicted molar refractivity (Wildman–Crippen MR) is 89.4 cm³/mol. The molecule has 2 aliphatic rings. The second-order valence-corrected chi connectivity index (χ2v) is 6.65. The van der Waals surface area contributed by atoms with Crippen molar-refractivity contribution >= 4 is 11.6 Å². The minimum Gasteiger partial charge on any atom is -0.493 e. The van der Waals surface area contributed by atoms with Crippen LogP contribution in [0, 0.1) is 17.8 Å². The number of nitrogens with one attached hydrogen (secondary N) is 1. The second-order valence-electron chi connectivity index (χ2n) is 6.65. The first-order valence-corrected chi connectivity index (χ1v) is 8.47. The summed E-state index contributed by atoms with van der Waals surface area (Å²) in [5, 5.41) is 3.02. The SMILES string of the molecule is COCCCOc1cccc(NC(=O)C2C3CCC(C3)C2N)c1. The number of carbonyl (C=O) groups excluding carboxylic acids is 1. The van der Waals surface area contributed by atoms with Gasteiger partial charge in [0, 0.05) is 37.9 Å². The molecule has 1 aromatic carbocycles. The van der Waals surface area contributed by atoms with E-state index in [-0.39, 0.29) is 17.9 Å². The van der Waals surface area contributed by atoms with Crippen molar-refractivity contribution in [1.29, 1.82) is 0 Å². The lowest BCUT2D eigenvalue weighted by atomic mass is 9.84. The molecular weight excluding hydrogens is 292 g/mol. The number of carbonyl (C=O) groups is 1. The summed E-state index contributed by atoms with van der Waals surface area (Å²) < 4.78 is 10.7. The van der Waals surface area contributed by atoms with Crippen molar-refractivity contribution < 1.29 is 14.3 Å². The molecule has 2 saturated carbocycles. The van der Waals surface area contributed by atoms with Crippen LogP contribution in [0.5, 0.6) is 5.75 Å². The van der Waals surface area contributed by atoms with E-state index in [0.717, 1.165) is 30.7 Å². The van der Waals surface area contributed by atoms with Crippen molar-refractivity contribution in [1.82, 2.24) is 0 Å². The van der Waals surface area contributed by atoms with Crippen LogP contribution < -0.4 is 15.8 Å². The fraction of sp³-hybridized carbons (Fsp3) is 0.611. The lowest BCUT2D eigenvalue weighted by Crippen LogP contribution is -2.42. The Bertz CT molecular complexity index is 547. The van der Waals surface area contributed by atoms with E-state index in [9.17, 15) is 4.79 Å². The van der Waals surface area contributed by atoms with Gasteiger partial charge in [0.05, 0.1) is 12.5 Å². The first-order chi connectivity index (χ1) is 11.2. The summed E-state index contributed by atoms with van der Waals surface area (Å²) in [7, 11) is 1.68. The fourth-order valence-corrected chi connectivity index (χ4v) is 4.01. The number of methoxy groups -OCH3 is 1. The van der Waals surface area contributed by atoms with Gasteiger partial charge < -0.3 is 20.5 Å². The Morgan fingerprint density at radius 1 is 1.30 bits per heavy atom. The highest BCUT2D eigenvalue weighted by Gasteiger charge is 2.49. The van der Waals surface area contributed by atoms with Gasteiger partial charge in [0.15, 0.2) is 0 Å². The number of nitrogens with two attached hydrogens (primary N) is 1. The number of rotatable bonds is 7. The lowest BCUT2D eigenvalue weighted by Gasteiger charge is -2.27. The minimum absolute atomic E-state index is 0.0160. The summed E-state index contributed by atoms with van der Waals surface area (Å²) >= 11 is 0. The minimum atomic E-state index is -0.0416. The highest BCUT2D eigenvalue weighted by atomic mass is 16.5. The number of hydrogen-bond acceptors (Lipinski definition) is 4. The fourth-order valence-electron chi connectivity index (χ4n) is 4.01. The van der Waals surface area contributed by atoms with Crippen molar-refractivity contribution in [3.63, 3.8) is 0 Å². The molecule has 2 bridgehead atoms. The topological polar surface area (TPSA) is 73.6 Å². The van der Waals surface area contributed by atoms with E-state index in [2.05, 4.69) is 5.32 Å². The molecule has 5 nitrogen and oxygen atoms in total. The van der Waals surface area contributed by atoms with Gasteiger partial charge in [0.2, 0.25) is 5.91 Å². The lowest BCUT2D eigenvalue weighted by molar-refractivity contribution is -0.121. The van der Waals surface area contributed by atoms with Gasteiger partial charge in [-0.15, -0.1) is 0 Å². The van der Waals surface area contributed by atoms with Gasteiger partial charge in [-0.1, -0.05) is 6.07 Å². The molecule has 0 radical (unpaired) electrons. The molecule has 23 heavy (non-hydrogen) atoms. The molecule has 0 heterocycles. The Hall–Kier alpha value is -1.59. The Morgan fingerprint density at radius 2 is 2.13 bits per heavy atom. The van der Waals surface area contributed by atoms with Crippen LogP contribution in [0.1, 0.15) is 25.7 Å². The van der Waals surface area contributed by atoms with E-state index < -0.39 is 0 Å². The van der Waals surface area contributed by atoms with Crippen molar-refractivity contribution in [2.24, 2.45) is 23.5 Å². The third kappa shape index (κ3) is 3.67. The Morgan fingerprint density at radius 3 is 2.87 bits per heavy atom. The maximum absolute atomic E-state index is 12.6. The normalized spacial score (nSPS) is 28.8. The molecule has 3 N–H and O–H groups in total. The number of ether oxygens (including phenoxy) is 2. The van der Waals surface area contributed by atoms with Crippen LogP contribution in [0.3, 0.4) is 0 Å². The van der Waals surface area contributed by atoms with Crippen molar-refractivity contribution in [3.8, 4) is 5.75 Å². The van der Waals surface area contributed by atoms with Gasteiger partial charge in [-0.05, 0) is 43.2 Å². The van der Waals surface area contributed by atoms with Crippen molar-refractivity contribution in [2.75, 3.05) is 25.6 Å². The van der Waals surface area contributed by atoms with E-state index >= 15 is 0 Å². The van der Waals surface area contributed by atoms with E-state index in [1.807, 2.05) is 24.3 Å². The number of anilines is 1. The van der Waals surface area contributed by atoms with Crippen LogP contribution in [0.25, 0.3) is 0 Å². The Kier molecular flexibility index (Phi) is 5.18. The molecule has 2 fully saturated rings. The van der Waals surface area contributed by atoms with Crippen molar-refractivity contribution in [3.05, 3.63) is 24.3 Å². The zero-order valence-corrected chi connectivity index (χ0v) is 13.7. The van der Waals surface area contributed by atoms with Gasteiger partial charge >= 0.3 is 0 Å². The number of amides is 1. The molecule has 0 aromatic heterocycles. The molecular formula is C18H26N2O3. The average molecular weight is 318 g/mol. The van der Waals surface area contributed by atoms with Crippen LogP contribution in [0.4, 0.5) is 5.69 Å². The largest absolute Gasteiger partial charge is 0.493 e. The highest BCUT2D eigenvalue weighted by Crippen LogP contribution is 2.47. The highest BCUT2D eigenvalue weighted by molar-refractivity contribution is 5.93. The molecule has 3 rings (SSSR count). The second kappa shape index (κ2) is 7.32. The van der Waals surface area contributed by atoms with Crippen molar-refractivity contribution in [2.45, 2.75) is 31.7 Å². The summed E-state index contributed by atoms with van der Waals surface area (Å²) in [6.45, 7) is 1.28. The molecule has 0 spiro atoms. The van der Waals surface area contributed by atoms with E-state index in [0.29, 0.717) is 25.0 Å². The summed E-state index contributed by atoms with van der Waals surface area (Å²) in [4.78, 5) is 12.6. The summed E-state index contributed by atoms with van der Waals surface area (Å²) in [6.07, 6.45) is 4.27. The maximum Gasteiger partial charge on any atom is 0.229 e. The molecule has 0 aliphatic heterocycles. The van der Waals surface area contributed by atoms with E-state index in [1.54, 1.807) is 7.11 Å². The van der Waals surface area contributed by atoms with Crippen LogP contribution >= 0.6 is 0 Å². The smallest absolute Gasteiger partial charge is 0.229 e. The summed E-state index contributed by atoms with van der Waals surface area (Å²) in [5.74, 6) is 1.77. The van der Waals surface area contributed by atoms with E-state index in [4.69, 9.17) is 15.2 Å². The number of hydrogen-bond donors (Lipinski definition) is 2. The quantitative estimate of drug-likeness (QED) is 0.757. The monoisotopic (exact) mass is 318 g/mol. The molecule has 5 heteroatoms. The third-order valence-electron chi connectivity index (χ3n) is 5.15. The van der Waals surface area contributed by atoms with E-state index in [1.165, 1.54) is 6.42 Å². The van der Waals surface area contributed by atoms with Crippen LogP contribution in [-0.2, 0) is 9.53 Å². The zero-order valence-electron chi connectivity index (χ0n) is 13.7. The van der Waals surface area contributed by atoms with Crippen LogP contribution in [0.15, 0.2) is 24.3 Å².